The number of hydrogen-bond donors (Lipinski definition) is 4. The van der Waals surface area contributed by atoms with E-state index in [0.29, 0.717) is 90.9 Å². The Kier molecular flexibility index (Phi) is 25.6. The van der Waals surface area contributed by atoms with Crippen molar-refractivity contribution in [3.05, 3.63) is 71.9 Å². The first kappa shape index (κ1) is 77.4. The normalized spacial score (nSPS) is 40.6. The van der Waals surface area contributed by atoms with Crippen LogP contribution in [0.5, 0.6) is 0 Å². The minimum Gasteiger partial charge on any atom is -0.396 e. The summed E-state index contributed by atoms with van der Waals surface area (Å²) in [6, 6.07) is 3.90. The van der Waals surface area contributed by atoms with E-state index in [4.69, 9.17) is 23.7 Å². The topological polar surface area (TPSA) is 137 Å². The molecule has 7 aliphatic carbocycles. The summed E-state index contributed by atoms with van der Waals surface area (Å²) in [5, 5.41) is 39.5. The van der Waals surface area contributed by atoms with Crippen molar-refractivity contribution in [2.75, 3.05) is 92.0 Å². The summed E-state index contributed by atoms with van der Waals surface area (Å²) < 4.78 is 59.7. The van der Waals surface area contributed by atoms with E-state index in [1.807, 2.05) is 0 Å². The number of halogens is 2. The molecule has 7 saturated carbocycles. The lowest BCUT2D eigenvalue weighted by atomic mass is 9.46. The Morgan fingerprint density at radius 1 is 0.557 bits per heavy atom. The molecule has 14 heteroatoms. The fraction of sp³-hybridized carbons (Fsp3) is 0.855. The molecule has 0 radical (unpaired) electrons. The standard InChI is InChI=1S/C31H53NO3.C29H41F2NO3.C22H39NO3.CH4/c1-22-11-12-26-30(5,25(22)16-20-33-24-14-18-32(19-15-24)29(2,3)4)17-13-27-31(26,6)21-34-28(35-27)23-9-7-8-10-23;1-19-4-7-25-28(2,22(19)11-15-32-13-9-20(17-33)10-14-32)12-8-26-29(25,3)18-34-27(35-26)21-5-6-23(30)24(31)16-21;1-16-4-5-19-21(2,10-6-20(26)22(19,3)15-25)18(16)9-13-23-11-7-17(14-24)8-12-23;/h23-28H,1,7-21H2,2-6H3;5-6,16,20,22,25-27,33H,1,4,7-15,17-18H2,2-3H3;17-20,24-26H,1,4-15H2,2-3H3;1H4/t25-,26?,27-,28-,30+,31+;22-,25?,26-,27-,28+,29+;18-,19?,20-,21+,22+;/m111./s1. The van der Waals surface area contributed by atoms with E-state index in [1.165, 1.54) is 80.6 Å². The fourth-order valence-electron chi connectivity index (χ4n) is 23.2. The molecule has 0 bridgehead atoms. The van der Waals surface area contributed by atoms with Crippen molar-refractivity contribution in [2.24, 2.45) is 85.8 Å². The van der Waals surface area contributed by atoms with Crippen LogP contribution in [-0.4, -0.2) is 163 Å². The molecule has 0 aromatic heterocycles. The summed E-state index contributed by atoms with van der Waals surface area (Å²) in [5.41, 5.74) is 5.27. The SMILES string of the molecule is C.C=C1CCC2[C@](C)(CO)[C@H](O)CC[C@@]2(C)[C@@H]1CCN1CCC(CO)CC1.C=C1CCC2[C@]3(C)CO[C@@H](C4CCCC4)O[C@@H]3CC[C@@]2(C)[C@@H]1CCOC1CCN(C(C)(C)C)CC1.C=C1CCC2[C@]3(C)CO[C@@H](c4ccc(F)c(F)c4)O[C@@H]3CC[C@@]2(C)[C@@H]1CCN1CCC(CO)CC1. The summed E-state index contributed by atoms with van der Waals surface area (Å²) in [7, 11) is 0. The van der Waals surface area contributed by atoms with E-state index in [-0.39, 0.29) is 64.5 Å². The molecular formula is C83H137F2N3O9. The fourth-order valence-corrected chi connectivity index (χ4v) is 23.2. The molecule has 5 aliphatic heterocycles. The Morgan fingerprint density at radius 3 is 1.53 bits per heavy atom. The third-order valence-corrected chi connectivity index (χ3v) is 29.6. The van der Waals surface area contributed by atoms with Gasteiger partial charge in [-0.1, -0.05) is 104 Å². The van der Waals surface area contributed by atoms with Gasteiger partial charge in [-0.25, -0.2) is 8.78 Å². The number of rotatable bonds is 15. The van der Waals surface area contributed by atoms with Gasteiger partial charge in [0.15, 0.2) is 24.2 Å². The lowest BCUT2D eigenvalue weighted by Gasteiger charge is -2.63. The number of piperidine rings is 3. The van der Waals surface area contributed by atoms with Crippen molar-refractivity contribution in [2.45, 2.75) is 273 Å². The molecule has 1 aromatic carbocycles. The van der Waals surface area contributed by atoms with Crippen LogP contribution in [0.3, 0.4) is 0 Å². The molecule has 1 aromatic rings. The Balaban J connectivity index is 0.000000159. The van der Waals surface area contributed by atoms with Crippen LogP contribution in [0.2, 0.25) is 0 Å². The number of aliphatic hydroxyl groups is 4. The van der Waals surface area contributed by atoms with Crippen LogP contribution < -0.4 is 0 Å². The maximum absolute atomic E-state index is 13.8. The van der Waals surface area contributed by atoms with Crippen LogP contribution in [0.4, 0.5) is 8.78 Å². The summed E-state index contributed by atoms with van der Waals surface area (Å²) in [6.07, 6.45) is 28.1. The number of ether oxygens (including phenoxy) is 5. The Bertz CT molecular complexity index is 2750. The second kappa shape index (κ2) is 32.0. The predicted octanol–water partition coefficient (Wildman–Crippen LogP) is 16.3. The van der Waals surface area contributed by atoms with Crippen molar-refractivity contribution in [1.82, 2.24) is 14.7 Å². The largest absolute Gasteiger partial charge is 0.396 e. The number of likely N-dealkylation sites (tertiary alicyclic amines) is 3. The predicted molar refractivity (Wildman–Crippen MR) is 385 cm³/mol. The average molecular weight is 1360 g/mol. The van der Waals surface area contributed by atoms with Gasteiger partial charge in [-0.2, -0.15) is 0 Å². The van der Waals surface area contributed by atoms with Crippen molar-refractivity contribution in [3.63, 3.8) is 0 Å². The van der Waals surface area contributed by atoms with Crippen LogP contribution in [-0.2, 0) is 23.7 Å². The van der Waals surface area contributed by atoms with E-state index in [2.05, 4.69) is 96.8 Å². The monoisotopic (exact) mass is 1360 g/mol. The highest BCUT2D eigenvalue weighted by Gasteiger charge is 2.63. The molecule has 5 heterocycles. The maximum Gasteiger partial charge on any atom is 0.184 e. The molecule has 12 aliphatic rings. The van der Waals surface area contributed by atoms with Gasteiger partial charge in [-0.15, -0.1) is 0 Å². The molecule has 12 fully saturated rings. The van der Waals surface area contributed by atoms with E-state index in [9.17, 15) is 29.2 Å². The highest BCUT2D eigenvalue weighted by Crippen LogP contribution is 2.66. The number of benzene rings is 1. The van der Waals surface area contributed by atoms with Gasteiger partial charge in [0.05, 0.1) is 44.2 Å². The number of aliphatic hydroxyl groups excluding tert-OH is 4. The highest BCUT2D eigenvalue weighted by atomic mass is 19.2. The van der Waals surface area contributed by atoms with Gasteiger partial charge in [0.25, 0.3) is 0 Å². The number of fused-ring (bicyclic) bond motifs is 7. The maximum atomic E-state index is 13.8. The second-order valence-electron chi connectivity index (χ2n) is 36.1. The Labute approximate surface area is 587 Å². The van der Waals surface area contributed by atoms with Gasteiger partial charge in [-0.05, 0) is 283 Å². The highest BCUT2D eigenvalue weighted by molar-refractivity contribution is 5.23. The molecule has 552 valence electrons. The third kappa shape index (κ3) is 16.1. The van der Waals surface area contributed by atoms with E-state index >= 15 is 0 Å². The molecule has 0 amide bonds. The van der Waals surface area contributed by atoms with Crippen LogP contribution in [0, 0.1) is 97.4 Å². The summed E-state index contributed by atoms with van der Waals surface area (Å²) in [6.45, 7) is 46.8. The smallest absolute Gasteiger partial charge is 0.184 e. The molecule has 12 nitrogen and oxygen atoms in total. The van der Waals surface area contributed by atoms with Gasteiger partial charge in [-0.3, -0.25) is 4.90 Å². The van der Waals surface area contributed by atoms with Crippen LogP contribution in [0.15, 0.2) is 54.7 Å². The van der Waals surface area contributed by atoms with Crippen molar-refractivity contribution in [1.29, 1.82) is 0 Å². The first-order valence-corrected chi connectivity index (χ1v) is 39.0. The minimum absolute atomic E-state index is 0. The quantitative estimate of drug-likeness (QED) is 0.124. The van der Waals surface area contributed by atoms with Gasteiger partial charge in [0, 0.05) is 66.2 Å². The molecule has 5 saturated heterocycles. The van der Waals surface area contributed by atoms with Crippen molar-refractivity contribution in [3.8, 4) is 0 Å². The molecular weight excluding hydrogens is 1220 g/mol. The molecule has 4 N–H and O–H groups in total. The van der Waals surface area contributed by atoms with Crippen LogP contribution in [0.1, 0.15) is 242 Å². The van der Waals surface area contributed by atoms with Crippen molar-refractivity contribution >= 4 is 0 Å². The van der Waals surface area contributed by atoms with E-state index < -0.39 is 24.0 Å². The zero-order valence-electron chi connectivity index (χ0n) is 61.5. The lowest BCUT2D eigenvalue weighted by molar-refractivity contribution is -0.316. The Hall–Kier alpha value is -2.18. The summed E-state index contributed by atoms with van der Waals surface area (Å²) in [4.78, 5) is 7.72. The lowest BCUT2D eigenvalue weighted by Crippen LogP contribution is -2.62. The molecule has 97 heavy (non-hydrogen) atoms. The van der Waals surface area contributed by atoms with Gasteiger partial charge in [0.1, 0.15) is 0 Å². The average Bonchev–Trinajstić information content (AvgIpc) is 0.771. The number of hydrogen-bond acceptors (Lipinski definition) is 12. The molecule has 3 unspecified atom stereocenters. The van der Waals surface area contributed by atoms with Gasteiger partial charge < -0.3 is 53.9 Å². The minimum atomic E-state index is -0.867. The molecule has 0 spiro atoms. The zero-order chi connectivity index (χ0) is 68.6. The molecule has 17 atom stereocenters. The van der Waals surface area contributed by atoms with E-state index in [1.54, 1.807) is 6.07 Å². The Morgan fingerprint density at radius 2 is 1.03 bits per heavy atom. The second-order valence-corrected chi connectivity index (χ2v) is 36.1. The van der Waals surface area contributed by atoms with Crippen molar-refractivity contribution < 1.29 is 52.9 Å². The van der Waals surface area contributed by atoms with Crippen LogP contribution in [0.25, 0.3) is 0 Å². The van der Waals surface area contributed by atoms with Gasteiger partial charge >= 0.3 is 0 Å². The van der Waals surface area contributed by atoms with Crippen LogP contribution >= 0.6 is 0 Å². The van der Waals surface area contributed by atoms with Gasteiger partial charge in [0.2, 0.25) is 0 Å². The first-order valence-electron chi connectivity index (χ1n) is 39.0. The summed E-state index contributed by atoms with van der Waals surface area (Å²) in [5.74, 6) is 2.85. The number of allylic oxidation sites excluding steroid dienone is 3. The first-order chi connectivity index (χ1) is 45.7. The number of nitrogens with zero attached hydrogens (tertiary/aromatic N) is 3. The summed E-state index contributed by atoms with van der Waals surface area (Å²) >= 11 is 0. The molecule has 13 rings (SSSR count). The van der Waals surface area contributed by atoms with E-state index in [0.717, 1.165) is 174 Å². The third-order valence-electron chi connectivity index (χ3n) is 29.6. The zero-order valence-corrected chi connectivity index (χ0v) is 61.5.